The van der Waals surface area contributed by atoms with Crippen LogP contribution < -0.4 is 0 Å². The maximum absolute atomic E-state index is 12.3. The van der Waals surface area contributed by atoms with Gasteiger partial charge in [-0.2, -0.15) is 0 Å². The summed E-state index contributed by atoms with van der Waals surface area (Å²) in [5, 5.41) is 1.28. The SMILES string of the molecule is Cc1cnc2c(C(=O)O[Si](C)(C)C)c(Cl)ccc2c1. The summed E-state index contributed by atoms with van der Waals surface area (Å²) in [6.45, 7) is 7.84. The Morgan fingerprint density at radius 1 is 1.32 bits per heavy atom. The van der Waals surface area contributed by atoms with Crippen LogP contribution in [0.3, 0.4) is 0 Å². The number of carbonyl (C=O) groups is 1. The van der Waals surface area contributed by atoms with Crippen molar-refractivity contribution < 1.29 is 9.22 Å². The van der Waals surface area contributed by atoms with E-state index in [4.69, 9.17) is 16.0 Å². The average molecular weight is 294 g/mol. The van der Waals surface area contributed by atoms with Crippen LogP contribution in [-0.4, -0.2) is 19.3 Å². The number of carbonyl (C=O) groups excluding carboxylic acids is 1. The molecular weight excluding hydrogens is 278 g/mol. The zero-order valence-corrected chi connectivity index (χ0v) is 13.2. The van der Waals surface area contributed by atoms with Gasteiger partial charge in [-0.3, -0.25) is 4.98 Å². The molecule has 0 aliphatic rings. The highest BCUT2D eigenvalue weighted by Crippen LogP contribution is 2.26. The molecule has 2 rings (SSSR count). The Morgan fingerprint density at radius 3 is 2.63 bits per heavy atom. The van der Waals surface area contributed by atoms with E-state index in [9.17, 15) is 4.79 Å². The maximum Gasteiger partial charge on any atom is 0.328 e. The summed E-state index contributed by atoms with van der Waals surface area (Å²) in [4.78, 5) is 16.6. The number of hydrogen-bond acceptors (Lipinski definition) is 3. The van der Waals surface area contributed by atoms with Crippen molar-refractivity contribution in [2.45, 2.75) is 26.6 Å². The quantitative estimate of drug-likeness (QED) is 0.780. The second-order valence-electron chi connectivity index (χ2n) is 5.51. The van der Waals surface area contributed by atoms with Gasteiger partial charge in [0.2, 0.25) is 8.32 Å². The predicted molar refractivity (Wildman–Crippen MR) is 80.3 cm³/mol. The lowest BCUT2D eigenvalue weighted by Crippen LogP contribution is -2.29. The van der Waals surface area contributed by atoms with Crippen molar-refractivity contribution in [3.63, 3.8) is 0 Å². The van der Waals surface area contributed by atoms with Crippen LogP contribution >= 0.6 is 11.6 Å². The summed E-state index contributed by atoms with van der Waals surface area (Å²) in [5.41, 5.74) is 2.00. The second-order valence-corrected chi connectivity index (χ2v) is 10.3. The third-order valence-corrected chi connectivity index (χ3v) is 3.65. The van der Waals surface area contributed by atoms with E-state index in [0.29, 0.717) is 16.1 Å². The van der Waals surface area contributed by atoms with Crippen molar-refractivity contribution in [2.75, 3.05) is 0 Å². The van der Waals surface area contributed by atoms with Crippen LogP contribution in [0.4, 0.5) is 0 Å². The van der Waals surface area contributed by atoms with Crippen LogP contribution in [0, 0.1) is 6.92 Å². The minimum absolute atomic E-state index is 0.363. The molecule has 0 unspecified atom stereocenters. The molecule has 0 saturated heterocycles. The molecule has 0 spiro atoms. The molecule has 100 valence electrons. The zero-order chi connectivity index (χ0) is 14.2. The number of pyridine rings is 1. The molecule has 1 aromatic carbocycles. The predicted octanol–water partition coefficient (Wildman–Crippen LogP) is 4.19. The van der Waals surface area contributed by atoms with Crippen molar-refractivity contribution in [1.29, 1.82) is 0 Å². The fourth-order valence-corrected chi connectivity index (χ4v) is 2.70. The molecule has 0 aliphatic carbocycles. The monoisotopic (exact) mass is 293 g/mol. The Kier molecular flexibility index (Phi) is 3.65. The van der Waals surface area contributed by atoms with Crippen molar-refractivity contribution in [2.24, 2.45) is 0 Å². The summed E-state index contributed by atoms with van der Waals surface area (Å²) >= 11 is 6.14. The van der Waals surface area contributed by atoms with E-state index in [1.54, 1.807) is 12.3 Å². The van der Waals surface area contributed by atoms with Crippen LogP contribution in [-0.2, 0) is 4.43 Å². The topological polar surface area (TPSA) is 39.2 Å². The van der Waals surface area contributed by atoms with Crippen molar-refractivity contribution >= 4 is 36.8 Å². The normalized spacial score (nSPS) is 11.6. The Balaban J connectivity index is 2.58. The van der Waals surface area contributed by atoms with E-state index in [0.717, 1.165) is 10.9 Å². The highest BCUT2D eigenvalue weighted by molar-refractivity contribution is 6.71. The molecular formula is C14H16ClNO2Si. The molecule has 3 nitrogen and oxygen atoms in total. The molecule has 2 aromatic rings. The Bertz CT molecular complexity index is 650. The van der Waals surface area contributed by atoms with Crippen LogP contribution in [0.5, 0.6) is 0 Å². The van der Waals surface area contributed by atoms with Gasteiger partial charge in [0.15, 0.2) is 0 Å². The Labute approximate surface area is 118 Å². The Hall–Kier alpha value is -1.39. The number of hydrogen-bond donors (Lipinski definition) is 0. The molecule has 19 heavy (non-hydrogen) atoms. The molecule has 0 N–H and O–H groups in total. The molecule has 1 aromatic heterocycles. The van der Waals surface area contributed by atoms with Crippen molar-refractivity contribution in [3.8, 4) is 0 Å². The van der Waals surface area contributed by atoms with Crippen LogP contribution in [0.2, 0.25) is 24.7 Å². The molecule has 0 atom stereocenters. The van der Waals surface area contributed by atoms with Gasteiger partial charge in [-0.1, -0.05) is 17.7 Å². The van der Waals surface area contributed by atoms with E-state index in [1.807, 2.05) is 38.7 Å². The first-order valence-electron chi connectivity index (χ1n) is 6.06. The van der Waals surface area contributed by atoms with Gasteiger partial charge in [-0.05, 0) is 44.3 Å². The molecule has 0 fully saturated rings. The van der Waals surface area contributed by atoms with E-state index in [2.05, 4.69) is 4.98 Å². The zero-order valence-electron chi connectivity index (χ0n) is 11.5. The molecule has 0 radical (unpaired) electrons. The van der Waals surface area contributed by atoms with E-state index < -0.39 is 8.32 Å². The number of nitrogens with zero attached hydrogens (tertiary/aromatic N) is 1. The van der Waals surface area contributed by atoms with Gasteiger partial charge < -0.3 is 4.43 Å². The summed E-state index contributed by atoms with van der Waals surface area (Å²) in [6.07, 6.45) is 1.73. The van der Waals surface area contributed by atoms with Gasteiger partial charge in [0.05, 0.1) is 10.5 Å². The number of benzene rings is 1. The van der Waals surface area contributed by atoms with Crippen LogP contribution in [0.1, 0.15) is 15.9 Å². The van der Waals surface area contributed by atoms with E-state index in [1.165, 1.54) is 0 Å². The number of aromatic nitrogens is 1. The third-order valence-electron chi connectivity index (χ3n) is 2.54. The van der Waals surface area contributed by atoms with Gasteiger partial charge in [-0.25, -0.2) is 4.79 Å². The summed E-state index contributed by atoms with van der Waals surface area (Å²) < 4.78 is 5.52. The number of aryl methyl sites for hydroxylation is 1. The lowest BCUT2D eigenvalue weighted by atomic mass is 10.1. The molecule has 5 heteroatoms. The maximum atomic E-state index is 12.3. The Morgan fingerprint density at radius 2 is 2.00 bits per heavy atom. The van der Waals surface area contributed by atoms with Gasteiger partial charge >= 0.3 is 5.97 Å². The fourth-order valence-electron chi connectivity index (χ4n) is 1.81. The standard InChI is InChI=1S/C14H16ClNO2Si/c1-9-7-10-5-6-11(15)12(13(10)16-8-9)14(17)18-19(2,3)4/h5-8H,1-4H3. The minimum Gasteiger partial charge on any atom is -0.516 e. The van der Waals surface area contributed by atoms with E-state index >= 15 is 0 Å². The lowest BCUT2D eigenvalue weighted by Gasteiger charge is -2.18. The highest BCUT2D eigenvalue weighted by atomic mass is 35.5. The van der Waals surface area contributed by atoms with Crippen LogP contribution in [0.25, 0.3) is 10.9 Å². The van der Waals surface area contributed by atoms with Gasteiger partial charge in [0, 0.05) is 11.6 Å². The largest absolute Gasteiger partial charge is 0.516 e. The third kappa shape index (κ3) is 3.14. The summed E-state index contributed by atoms with van der Waals surface area (Å²) in [6, 6.07) is 5.55. The van der Waals surface area contributed by atoms with Crippen molar-refractivity contribution in [3.05, 3.63) is 40.5 Å². The molecule has 1 heterocycles. The number of rotatable bonds is 2. The average Bonchev–Trinajstić information content (AvgIpc) is 2.26. The summed E-state index contributed by atoms with van der Waals surface area (Å²) in [7, 11) is -1.96. The first kappa shape index (κ1) is 14.0. The molecule has 0 amide bonds. The van der Waals surface area contributed by atoms with Gasteiger partial charge in [0.25, 0.3) is 0 Å². The smallest absolute Gasteiger partial charge is 0.328 e. The van der Waals surface area contributed by atoms with E-state index in [-0.39, 0.29) is 5.97 Å². The fraction of sp³-hybridized carbons (Fsp3) is 0.286. The first-order valence-corrected chi connectivity index (χ1v) is 9.85. The summed E-state index contributed by atoms with van der Waals surface area (Å²) in [5.74, 6) is -0.383. The highest BCUT2D eigenvalue weighted by Gasteiger charge is 2.24. The molecule has 0 aliphatic heterocycles. The van der Waals surface area contributed by atoms with Gasteiger partial charge in [0.1, 0.15) is 5.56 Å². The van der Waals surface area contributed by atoms with Crippen molar-refractivity contribution in [1.82, 2.24) is 4.98 Å². The second kappa shape index (κ2) is 4.94. The lowest BCUT2D eigenvalue weighted by molar-refractivity contribution is 0.0726. The number of halogens is 1. The van der Waals surface area contributed by atoms with Crippen LogP contribution in [0.15, 0.2) is 24.4 Å². The minimum atomic E-state index is -1.96. The molecule has 0 saturated carbocycles. The number of fused-ring (bicyclic) bond motifs is 1. The van der Waals surface area contributed by atoms with Gasteiger partial charge in [-0.15, -0.1) is 0 Å². The first-order chi connectivity index (χ1) is 8.78. The molecule has 0 bridgehead atoms.